The topological polar surface area (TPSA) is 33.0 Å². The lowest BCUT2D eigenvalue weighted by Gasteiger charge is -2.17. The number of ether oxygens (including phenoxy) is 1. The smallest absolute Gasteiger partial charge is 0.123 e. The number of nitriles is 1. The predicted molar refractivity (Wildman–Crippen MR) is 74.9 cm³/mol. The second kappa shape index (κ2) is 6.44. The molecule has 1 unspecified atom stereocenters. The minimum absolute atomic E-state index is 0.0846. The van der Waals surface area contributed by atoms with Crippen molar-refractivity contribution in [3.8, 4) is 11.8 Å². The molecule has 1 aromatic rings. The van der Waals surface area contributed by atoms with Crippen LogP contribution in [-0.2, 0) is 0 Å². The van der Waals surface area contributed by atoms with Gasteiger partial charge in [0.05, 0.1) is 19.1 Å². The van der Waals surface area contributed by atoms with Crippen LogP contribution in [0.5, 0.6) is 5.75 Å². The molecular formula is C16H23NO. The molecule has 2 heteroatoms. The first-order valence-electron chi connectivity index (χ1n) is 6.57. The molecule has 0 N–H and O–H groups in total. The molecule has 1 rings (SSSR count). The van der Waals surface area contributed by atoms with Gasteiger partial charge in [0.1, 0.15) is 5.75 Å². The maximum atomic E-state index is 9.37. The summed E-state index contributed by atoms with van der Waals surface area (Å²) in [5, 5.41) is 9.37. The Labute approximate surface area is 111 Å². The molecule has 0 aliphatic rings. The zero-order valence-electron chi connectivity index (χ0n) is 12.0. The van der Waals surface area contributed by atoms with Crippen molar-refractivity contribution >= 4 is 0 Å². The number of hydrogen-bond acceptors (Lipinski definition) is 2. The summed E-state index contributed by atoms with van der Waals surface area (Å²) in [6.07, 6.45) is 0.869. The second-order valence-electron chi connectivity index (χ2n) is 5.47. The van der Waals surface area contributed by atoms with Crippen LogP contribution in [0.25, 0.3) is 0 Å². The van der Waals surface area contributed by atoms with E-state index in [4.69, 9.17) is 4.74 Å². The van der Waals surface area contributed by atoms with Gasteiger partial charge in [-0.25, -0.2) is 0 Å². The van der Waals surface area contributed by atoms with Gasteiger partial charge in [0, 0.05) is 5.56 Å². The molecule has 1 aromatic carbocycles. The highest BCUT2D eigenvalue weighted by Gasteiger charge is 2.18. The van der Waals surface area contributed by atoms with Gasteiger partial charge in [-0.05, 0) is 29.9 Å². The van der Waals surface area contributed by atoms with Crippen LogP contribution in [0.3, 0.4) is 0 Å². The van der Waals surface area contributed by atoms with E-state index in [0.717, 1.165) is 17.7 Å². The van der Waals surface area contributed by atoms with E-state index in [1.807, 2.05) is 6.07 Å². The van der Waals surface area contributed by atoms with Gasteiger partial charge < -0.3 is 4.74 Å². The molecule has 0 aliphatic carbocycles. The molecule has 98 valence electrons. The lowest BCUT2D eigenvalue weighted by Crippen LogP contribution is -2.04. The Balaban J connectivity index is 3.17. The summed E-state index contributed by atoms with van der Waals surface area (Å²) in [4.78, 5) is 0. The first-order chi connectivity index (χ1) is 8.49. The van der Waals surface area contributed by atoms with Gasteiger partial charge in [0.25, 0.3) is 0 Å². The first kappa shape index (κ1) is 14.6. The number of rotatable bonds is 5. The third-order valence-electron chi connectivity index (χ3n) is 3.16. The van der Waals surface area contributed by atoms with Gasteiger partial charge in [0.15, 0.2) is 0 Å². The van der Waals surface area contributed by atoms with Crippen LogP contribution in [0.2, 0.25) is 0 Å². The minimum Gasteiger partial charge on any atom is -0.496 e. The molecule has 0 heterocycles. The standard InChI is InChI=1S/C16H23NO/c1-11(2)8-14(10-17)15-9-13(12(3)4)6-7-16(15)18-5/h6-7,9,11-12,14H,8H2,1-5H3. The number of methoxy groups -OCH3 is 1. The number of benzene rings is 1. The molecular weight excluding hydrogens is 222 g/mol. The molecule has 0 amide bonds. The Bertz CT molecular complexity index is 429. The van der Waals surface area contributed by atoms with Crippen molar-refractivity contribution in [2.45, 2.75) is 46.0 Å². The molecule has 1 atom stereocenters. The van der Waals surface area contributed by atoms with Crippen LogP contribution >= 0.6 is 0 Å². The van der Waals surface area contributed by atoms with Crippen molar-refractivity contribution in [3.63, 3.8) is 0 Å². The highest BCUT2D eigenvalue weighted by molar-refractivity contribution is 5.43. The average molecular weight is 245 g/mol. The molecule has 0 aromatic heterocycles. The van der Waals surface area contributed by atoms with E-state index >= 15 is 0 Å². The van der Waals surface area contributed by atoms with E-state index < -0.39 is 0 Å². The highest BCUT2D eigenvalue weighted by Crippen LogP contribution is 2.33. The van der Waals surface area contributed by atoms with Gasteiger partial charge in [-0.1, -0.05) is 39.8 Å². The summed E-state index contributed by atoms with van der Waals surface area (Å²) in [5.74, 6) is 1.71. The van der Waals surface area contributed by atoms with E-state index in [0.29, 0.717) is 11.8 Å². The first-order valence-corrected chi connectivity index (χ1v) is 6.57. The van der Waals surface area contributed by atoms with Crippen molar-refractivity contribution < 1.29 is 4.74 Å². The van der Waals surface area contributed by atoms with Crippen molar-refractivity contribution in [1.29, 1.82) is 5.26 Å². The summed E-state index contributed by atoms with van der Waals surface area (Å²) < 4.78 is 5.39. The predicted octanol–water partition coefficient (Wildman–Crippen LogP) is 4.47. The fourth-order valence-electron chi connectivity index (χ4n) is 2.10. The molecule has 0 aliphatic heterocycles. The Hall–Kier alpha value is -1.49. The molecule has 2 nitrogen and oxygen atoms in total. The van der Waals surface area contributed by atoms with E-state index in [-0.39, 0.29) is 5.92 Å². The van der Waals surface area contributed by atoms with Crippen molar-refractivity contribution in [3.05, 3.63) is 29.3 Å². The van der Waals surface area contributed by atoms with Gasteiger partial charge in [-0.2, -0.15) is 5.26 Å². The third kappa shape index (κ3) is 3.50. The van der Waals surface area contributed by atoms with Crippen molar-refractivity contribution in [1.82, 2.24) is 0 Å². The molecule has 0 radical (unpaired) electrons. The Morgan fingerprint density at radius 2 is 1.89 bits per heavy atom. The Morgan fingerprint density at radius 1 is 1.22 bits per heavy atom. The van der Waals surface area contributed by atoms with Gasteiger partial charge >= 0.3 is 0 Å². The molecule has 0 spiro atoms. The fraction of sp³-hybridized carbons (Fsp3) is 0.562. The number of nitrogens with zero attached hydrogens (tertiary/aromatic N) is 1. The monoisotopic (exact) mass is 245 g/mol. The van der Waals surface area contributed by atoms with E-state index in [1.165, 1.54) is 5.56 Å². The molecule has 0 saturated carbocycles. The lowest BCUT2D eigenvalue weighted by molar-refractivity contribution is 0.404. The van der Waals surface area contributed by atoms with Gasteiger partial charge in [-0.3, -0.25) is 0 Å². The van der Waals surface area contributed by atoms with Crippen LogP contribution < -0.4 is 4.74 Å². The number of hydrogen-bond donors (Lipinski definition) is 0. The van der Waals surface area contributed by atoms with Crippen LogP contribution in [0, 0.1) is 17.2 Å². The Kier molecular flexibility index (Phi) is 5.22. The quantitative estimate of drug-likeness (QED) is 0.766. The summed E-state index contributed by atoms with van der Waals surface area (Å²) in [6, 6.07) is 8.60. The molecule has 18 heavy (non-hydrogen) atoms. The minimum atomic E-state index is -0.0846. The highest BCUT2D eigenvalue weighted by atomic mass is 16.5. The summed E-state index contributed by atoms with van der Waals surface area (Å²) in [7, 11) is 1.66. The van der Waals surface area contributed by atoms with Crippen molar-refractivity contribution in [2.75, 3.05) is 7.11 Å². The van der Waals surface area contributed by atoms with Crippen LogP contribution in [0.1, 0.15) is 57.1 Å². The SMILES string of the molecule is COc1ccc(C(C)C)cc1C(C#N)CC(C)C. The average Bonchev–Trinajstić information content (AvgIpc) is 2.34. The molecule has 0 saturated heterocycles. The van der Waals surface area contributed by atoms with Gasteiger partial charge in [0.2, 0.25) is 0 Å². The van der Waals surface area contributed by atoms with Gasteiger partial charge in [-0.15, -0.1) is 0 Å². The lowest BCUT2D eigenvalue weighted by atomic mass is 9.88. The van der Waals surface area contributed by atoms with Crippen LogP contribution in [0.15, 0.2) is 18.2 Å². The van der Waals surface area contributed by atoms with Crippen LogP contribution in [0.4, 0.5) is 0 Å². The summed E-state index contributed by atoms with van der Waals surface area (Å²) in [6.45, 7) is 8.61. The molecule has 0 fully saturated rings. The zero-order valence-corrected chi connectivity index (χ0v) is 12.0. The normalized spacial score (nSPS) is 12.6. The largest absolute Gasteiger partial charge is 0.496 e. The summed E-state index contributed by atoms with van der Waals surface area (Å²) >= 11 is 0. The Morgan fingerprint density at radius 3 is 2.33 bits per heavy atom. The zero-order chi connectivity index (χ0) is 13.7. The van der Waals surface area contributed by atoms with E-state index in [9.17, 15) is 5.26 Å². The van der Waals surface area contributed by atoms with Crippen LogP contribution in [-0.4, -0.2) is 7.11 Å². The molecule has 0 bridgehead atoms. The maximum absolute atomic E-state index is 9.37. The van der Waals surface area contributed by atoms with E-state index in [1.54, 1.807) is 7.11 Å². The van der Waals surface area contributed by atoms with E-state index in [2.05, 4.69) is 45.9 Å². The summed E-state index contributed by atoms with van der Waals surface area (Å²) in [5.41, 5.74) is 2.29. The maximum Gasteiger partial charge on any atom is 0.123 e. The second-order valence-corrected chi connectivity index (χ2v) is 5.47. The van der Waals surface area contributed by atoms with Crippen molar-refractivity contribution in [2.24, 2.45) is 5.92 Å². The third-order valence-corrected chi connectivity index (χ3v) is 3.16. The fourth-order valence-corrected chi connectivity index (χ4v) is 2.10.